The zero-order valence-electron chi connectivity index (χ0n) is 46.3. The number of carbonyl (C=O) groups excluding carboxylic acids is 3. The van der Waals surface area contributed by atoms with E-state index in [2.05, 4.69) is 46.6 Å². The van der Waals surface area contributed by atoms with E-state index in [1.165, 1.54) is 18.9 Å². The number of carbonyl (C=O) groups is 4. The van der Waals surface area contributed by atoms with Crippen LogP contribution in [0.25, 0.3) is 22.6 Å². The van der Waals surface area contributed by atoms with Crippen LogP contribution in [0.2, 0.25) is 0 Å². The van der Waals surface area contributed by atoms with Crippen LogP contribution in [0.5, 0.6) is 0 Å². The minimum absolute atomic E-state index is 0. The van der Waals surface area contributed by atoms with Crippen LogP contribution in [-0.2, 0) is 19.1 Å². The number of nitrogens with one attached hydrogen (secondary N) is 1. The van der Waals surface area contributed by atoms with Gasteiger partial charge in [-0.25, -0.2) is 14.8 Å². The molecule has 20 heteroatoms. The highest BCUT2D eigenvalue weighted by Crippen LogP contribution is 2.36. The summed E-state index contributed by atoms with van der Waals surface area (Å²) in [6.45, 7) is 13.5. The molecule has 6 aromatic rings. The fourth-order valence-electron chi connectivity index (χ4n) is 8.93. The van der Waals surface area contributed by atoms with Crippen LogP contribution in [0, 0.1) is 17.8 Å². The molecule has 4 aromatic heterocycles. The summed E-state index contributed by atoms with van der Waals surface area (Å²) in [6.07, 6.45) is 26.7. The van der Waals surface area contributed by atoms with Crippen LogP contribution < -0.4 is 11.1 Å². The lowest BCUT2D eigenvalue weighted by molar-refractivity contribution is -0.158. The van der Waals surface area contributed by atoms with E-state index in [0.29, 0.717) is 60.0 Å². The highest BCUT2D eigenvalue weighted by atomic mass is 35.5. The smallest absolute Gasteiger partial charge is 0.358 e. The number of esters is 2. The molecule has 426 valence electrons. The average Bonchev–Trinajstić information content (AvgIpc) is 4.22. The molecule has 5 heterocycles. The summed E-state index contributed by atoms with van der Waals surface area (Å²) >= 11 is 0. The monoisotopic (exact) mass is 1110 g/mol. The Bertz CT molecular complexity index is 2740. The molecule has 5 N–H and O–H groups in total. The summed E-state index contributed by atoms with van der Waals surface area (Å²) < 4.78 is 24.7. The molecule has 2 aromatic carbocycles. The van der Waals surface area contributed by atoms with E-state index in [-0.39, 0.29) is 59.3 Å². The number of carboxylic acids is 1. The van der Waals surface area contributed by atoms with Crippen molar-refractivity contribution in [1.82, 2.24) is 34.7 Å². The third-order valence-electron chi connectivity index (χ3n) is 13.1. The number of aliphatic hydroxyl groups excluding tert-OH is 1. The number of halogens is 1. The first-order valence-corrected chi connectivity index (χ1v) is 26.7. The van der Waals surface area contributed by atoms with Crippen LogP contribution in [0.15, 0.2) is 137 Å². The van der Waals surface area contributed by atoms with Crippen molar-refractivity contribution in [3.8, 4) is 22.6 Å². The standard InChI is InChI=1S/C17H16N4O2.C11H20O2.C10H7NO3.C10H18O3.C7H11N3.C4H5N.ClH/c22-17(19-13-8-14(9-13)21-7-6-18-11-21)15-10-16(23-20-15)12-4-2-1-3-5-12;1-8-5-9(6-8)7-10(12)13-11(2,3)4;12-10(13)8-6-9(14-11-8)7-4-2-1-3-5-7;1-10(2,3)13-9(12)6-7-4-8(11)5-7;8-6-3-7(4-6)10-2-1-9-5-10;1-2-4-5-3-1;/h1-7,10-11,13-14H,8-9H2,(H,19,22);8-9H,5-7H2,1-4H3;1-6H,(H,12,13);7-8,11H,4-6H2,1-3H3;1-2,5-7H,3-4,8H2;1,3-4H,2H2;1H. The van der Waals surface area contributed by atoms with Crippen LogP contribution in [0.1, 0.15) is 152 Å². The van der Waals surface area contributed by atoms with Crippen molar-refractivity contribution in [1.29, 1.82) is 0 Å². The van der Waals surface area contributed by atoms with E-state index < -0.39 is 5.97 Å². The lowest BCUT2D eigenvalue weighted by atomic mass is 9.74. The Morgan fingerprint density at radius 2 is 1.16 bits per heavy atom. The van der Waals surface area contributed by atoms with Crippen molar-refractivity contribution in [2.24, 2.45) is 28.5 Å². The molecule has 1 aliphatic heterocycles. The van der Waals surface area contributed by atoms with E-state index in [4.69, 9.17) is 34.5 Å². The third kappa shape index (κ3) is 21.9. The van der Waals surface area contributed by atoms with E-state index in [0.717, 1.165) is 62.0 Å². The average molecular weight is 1110 g/mol. The number of nitrogens with zero attached hydrogens (tertiary/aromatic N) is 7. The van der Waals surface area contributed by atoms with E-state index in [1.54, 1.807) is 18.5 Å². The van der Waals surface area contributed by atoms with E-state index in [1.807, 2.05) is 146 Å². The lowest BCUT2D eigenvalue weighted by Gasteiger charge is -2.36. The van der Waals surface area contributed by atoms with Crippen LogP contribution in [0.3, 0.4) is 0 Å². The number of hydrogen-bond acceptors (Lipinski definition) is 15. The predicted molar refractivity (Wildman–Crippen MR) is 302 cm³/mol. The highest BCUT2D eigenvalue weighted by molar-refractivity contribution is 5.93. The fraction of sp³-hybridized carbons (Fsp3) is 0.475. The minimum Gasteiger partial charge on any atom is -0.476 e. The van der Waals surface area contributed by atoms with Gasteiger partial charge in [0.05, 0.1) is 18.8 Å². The predicted octanol–water partition coefficient (Wildman–Crippen LogP) is 10.9. The number of benzene rings is 2. The zero-order chi connectivity index (χ0) is 56.2. The first-order valence-electron chi connectivity index (χ1n) is 26.7. The number of hydrogen-bond donors (Lipinski definition) is 4. The highest BCUT2D eigenvalue weighted by Gasteiger charge is 2.33. The van der Waals surface area contributed by atoms with Crippen molar-refractivity contribution >= 4 is 42.4 Å². The molecule has 0 bridgehead atoms. The number of aromatic nitrogens is 6. The van der Waals surface area contributed by atoms with Crippen molar-refractivity contribution < 1.29 is 47.9 Å². The van der Waals surface area contributed by atoms with Crippen LogP contribution >= 0.6 is 12.4 Å². The normalized spacial score (nSPS) is 21.9. The minimum atomic E-state index is -1.09. The van der Waals surface area contributed by atoms with Gasteiger partial charge in [0.25, 0.3) is 5.91 Å². The van der Waals surface area contributed by atoms with Gasteiger partial charge in [-0.05, 0) is 111 Å². The molecule has 0 spiro atoms. The van der Waals surface area contributed by atoms with Gasteiger partial charge in [-0.2, -0.15) is 0 Å². The quantitative estimate of drug-likeness (QED) is 0.0879. The Labute approximate surface area is 468 Å². The molecule has 11 rings (SSSR count). The summed E-state index contributed by atoms with van der Waals surface area (Å²) in [5, 5.41) is 27.9. The van der Waals surface area contributed by atoms with Gasteiger partial charge in [-0.15, -0.1) is 12.4 Å². The molecule has 0 atom stereocenters. The third-order valence-corrected chi connectivity index (χ3v) is 13.1. The topological polar surface area (TPSA) is 265 Å². The molecule has 4 aliphatic carbocycles. The molecule has 5 aliphatic rings. The summed E-state index contributed by atoms with van der Waals surface area (Å²) in [4.78, 5) is 57.2. The number of ether oxygens (including phenoxy) is 2. The van der Waals surface area contributed by atoms with Crippen LogP contribution in [0.4, 0.5) is 0 Å². The SMILES string of the molecule is C1=CN=CC1.CC(C)(C)OC(=O)CC1CC(O)C1.CC1CC(CC(=O)OC(C)(C)C)C1.Cl.NC1CC(n2ccnc2)C1.O=C(NC1CC(n2ccnc2)C1)c1cc(-c2ccccc2)on1.O=C(O)c1cc(-c2ccccc2)on1. The number of carboxylic acid groups (broad SMARTS) is 1. The molecule has 19 nitrogen and oxygen atoms in total. The Morgan fingerprint density at radius 1 is 0.696 bits per heavy atom. The van der Waals surface area contributed by atoms with Gasteiger partial charge in [0, 0.05) is 104 Å². The summed E-state index contributed by atoms with van der Waals surface area (Å²) in [7, 11) is 0. The number of aliphatic hydroxyl groups is 1. The Hall–Kier alpha value is -7.22. The number of nitrogens with two attached hydrogens (primary N) is 1. The molecule has 79 heavy (non-hydrogen) atoms. The molecule has 1 amide bonds. The molecule has 0 radical (unpaired) electrons. The van der Waals surface area contributed by atoms with Crippen molar-refractivity contribution in [3.05, 3.63) is 134 Å². The second-order valence-corrected chi connectivity index (χ2v) is 22.4. The van der Waals surface area contributed by atoms with Crippen molar-refractivity contribution in [3.63, 3.8) is 0 Å². The Morgan fingerprint density at radius 3 is 1.53 bits per heavy atom. The molecule has 0 saturated heterocycles. The maximum absolute atomic E-state index is 12.2. The van der Waals surface area contributed by atoms with Gasteiger partial charge in [0.2, 0.25) is 0 Å². The molecule has 4 saturated carbocycles. The largest absolute Gasteiger partial charge is 0.476 e. The van der Waals surface area contributed by atoms with Gasteiger partial charge in [0.1, 0.15) is 11.2 Å². The van der Waals surface area contributed by atoms with Gasteiger partial charge >= 0.3 is 17.9 Å². The van der Waals surface area contributed by atoms with Gasteiger partial charge in [-0.3, -0.25) is 19.4 Å². The first-order chi connectivity index (χ1) is 37.2. The van der Waals surface area contributed by atoms with Crippen molar-refractivity contribution in [2.75, 3.05) is 0 Å². The maximum atomic E-state index is 12.2. The summed E-state index contributed by atoms with van der Waals surface area (Å²) in [5.41, 5.74) is 6.88. The second-order valence-electron chi connectivity index (χ2n) is 22.4. The summed E-state index contributed by atoms with van der Waals surface area (Å²) in [6, 6.07) is 23.5. The molecular weight excluding hydrogens is 1030 g/mol. The maximum Gasteiger partial charge on any atom is 0.358 e. The number of imidazole rings is 2. The molecular formula is C59H78ClN9O10. The summed E-state index contributed by atoms with van der Waals surface area (Å²) in [5.74, 6) is 1.33. The van der Waals surface area contributed by atoms with Gasteiger partial charge in [-0.1, -0.05) is 84.0 Å². The molecule has 0 unspecified atom stereocenters. The zero-order valence-corrected chi connectivity index (χ0v) is 47.1. The number of allylic oxidation sites excluding steroid dienone is 1. The second kappa shape index (κ2) is 30.2. The van der Waals surface area contributed by atoms with Gasteiger partial charge in [0.15, 0.2) is 22.9 Å². The number of rotatable bonds is 11. The van der Waals surface area contributed by atoms with E-state index >= 15 is 0 Å². The Balaban J connectivity index is 0.000000182. The van der Waals surface area contributed by atoms with E-state index in [9.17, 15) is 19.2 Å². The van der Waals surface area contributed by atoms with Crippen LogP contribution in [-0.4, -0.2) is 99.0 Å². The fourth-order valence-corrected chi connectivity index (χ4v) is 8.93. The Kier molecular flexibility index (Phi) is 24.0. The number of amides is 1. The lowest BCUT2D eigenvalue weighted by Crippen LogP contribution is -2.44. The number of aromatic carboxylic acids is 1. The van der Waals surface area contributed by atoms with Gasteiger partial charge < -0.3 is 48.9 Å². The first kappa shape index (κ1) is 62.6. The molecule has 4 fully saturated rings. The van der Waals surface area contributed by atoms with Crippen molar-refractivity contribution in [2.45, 2.75) is 161 Å². The number of aliphatic imine (C=N–C) groups is 1.